The number of rotatable bonds is 2. The van der Waals surface area contributed by atoms with E-state index in [0.29, 0.717) is 12.3 Å². The van der Waals surface area contributed by atoms with E-state index >= 15 is 0 Å². The third-order valence-corrected chi connectivity index (χ3v) is 1.54. The number of aromatic nitrogens is 1. The molecule has 0 radical (unpaired) electrons. The van der Waals surface area contributed by atoms with Gasteiger partial charge in [0.1, 0.15) is 7.05 Å². The predicted octanol–water partition coefficient (Wildman–Crippen LogP) is 0.688. The van der Waals surface area contributed by atoms with Gasteiger partial charge in [-0.25, -0.2) is 4.79 Å². The Kier molecular flexibility index (Phi) is 2.80. The van der Waals surface area contributed by atoms with Crippen LogP contribution >= 0.6 is 0 Å². The van der Waals surface area contributed by atoms with Crippen molar-refractivity contribution in [2.45, 2.75) is 6.92 Å². The highest BCUT2D eigenvalue weighted by atomic mass is 16.5. The molecule has 1 heterocycles. The van der Waals surface area contributed by atoms with Crippen LogP contribution in [0.3, 0.4) is 0 Å². The molecule has 3 nitrogen and oxygen atoms in total. The summed E-state index contributed by atoms with van der Waals surface area (Å²) in [6, 6.07) is 5.41. The van der Waals surface area contributed by atoms with Gasteiger partial charge in [-0.2, -0.15) is 4.57 Å². The molecular formula is C9H12NO2+. The van der Waals surface area contributed by atoms with Crippen molar-refractivity contribution >= 4 is 5.97 Å². The van der Waals surface area contributed by atoms with Crippen molar-refractivity contribution in [1.82, 2.24) is 0 Å². The Morgan fingerprint density at radius 3 is 2.92 bits per heavy atom. The van der Waals surface area contributed by atoms with Gasteiger partial charge in [-0.05, 0) is 13.0 Å². The standard InChI is InChI=1S/C9H12NO2/c1-3-12-9(11)8-6-4-5-7-10(8)2/h4-7H,3H2,1-2H3/q+1. The molecular weight excluding hydrogens is 154 g/mol. The molecule has 0 atom stereocenters. The Morgan fingerprint density at radius 1 is 1.58 bits per heavy atom. The zero-order chi connectivity index (χ0) is 8.97. The van der Waals surface area contributed by atoms with Gasteiger partial charge in [-0.15, -0.1) is 0 Å². The molecule has 0 amide bonds. The summed E-state index contributed by atoms with van der Waals surface area (Å²) in [4.78, 5) is 11.2. The number of ether oxygens (including phenoxy) is 1. The van der Waals surface area contributed by atoms with Crippen LogP contribution in [-0.2, 0) is 11.8 Å². The Labute approximate surface area is 71.6 Å². The maximum atomic E-state index is 11.2. The molecule has 3 heteroatoms. The summed E-state index contributed by atoms with van der Waals surface area (Å²) in [6.45, 7) is 2.20. The van der Waals surface area contributed by atoms with E-state index in [1.807, 2.05) is 25.4 Å². The maximum absolute atomic E-state index is 11.2. The molecule has 1 rings (SSSR count). The van der Waals surface area contributed by atoms with Crippen LogP contribution in [0.5, 0.6) is 0 Å². The Morgan fingerprint density at radius 2 is 2.33 bits per heavy atom. The molecule has 0 aromatic carbocycles. The molecule has 0 bridgehead atoms. The third-order valence-electron chi connectivity index (χ3n) is 1.54. The maximum Gasteiger partial charge on any atom is 0.403 e. The number of carbonyl (C=O) groups is 1. The SMILES string of the molecule is CCOC(=O)c1cccc[n+]1C. The first-order chi connectivity index (χ1) is 5.75. The van der Waals surface area contributed by atoms with E-state index in [-0.39, 0.29) is 5.97 Å². The van der Waals surface area contributed by atoms with E-state index in [1.165, 1.54) is 0 Å². The quantitative estimate of drug-likeness (QED) is 0.478. The molecule has 12 heavy (non-hydrogen) atoms. The second kappa shape index (κ2) is 3.85. The number of aryl methyl sites for hydroxylation is 1. The second-order valence-corrected chi connectivity index (χ2v) is 2.42. The topological polar surface area (TPSA) is 30.2 Å². The number of hydrogen-bond donors (Lipinski definition) is 0. The van der Waals surface area contributed by atoms with Crippen molar-refractivity contribution < 1.29 is 14.1 Å². The first-order valence-electron chi connectivity index (χ1n) is 3.87. The van der Waals surface area contributed by atoms with Gasteiger partial charge in [0.25, 0.3) is 5.69 Å². The van der Waals surface area contributed by atoms with Crippen LogP contribution in [0.1, 0.15) is 17.4 Å². The zero-order valence-corrected chi connectivity index (χ0v) is 7.28. The highest BCUT2D eigenvalue weighted by molar-refractivity contribution is 5.85. The Bertz CT molecular complexity index is 284. The lowest BCUT2D eigenvalue weighted by atomic mass is 10.3. The van der Waals surface area contributed by atoms with E-state index in [0.717, 1.165) is 0 Å². The van der Waals surface area contributed by atoms with Crippen LogP contribution in [0.15, 0.2) is 24.4 Å². The van der Waals surface area contributed by atoms with Crippen molar-refractivity contribution in [2.75, 3.05) is 6.61 Å². The smallest absolute Gasteiger partial charge is 0.403 e. The van der Waals surface area contributed by atoms with Crippen molar-refractivity contribution in [3.05, 3.63) is 30.1 Å². The molecule has 0 aliphatic heterocycles. The van der Waals surface area contributed by atoms with Gasteiger partial charge in [-0.1, -0.05) is 0 Å². The van der Waals surface area contributed by atoms with E-state index in [9.17, 15) is 4.79 Å². The van der Waals surface area contributed by atoms with Gasteiger partial charge < -0.3 is 4.74 Å². The van der Waals surface area contributed by atoms with Gasteiger partial charge in [0.05, 0.1) is 6.61 Å². The van der Waals surface area contributed by atoms with Gasteiger partial charge in [0, 0.05) is 12.1 Å². The minimum atomic E-state index is -0.277. The van der Waals surface area contributed by atoms with Gasteiger partial charge in [0.2, 0.25) is 0 Å². The summed E-state index contributed by atoms with van der Waals surface area (Å²) < 4.78 is 6.58. The summed E-state index contributed by atoms with van der Waals surface area (Å²) in [6.07, 6.45) is 1.81. The number of carbonyl (C=O) groups excluding carboxylic acids is 1. The molecule has 0 saturated carbocycles. The number of nitrogens with zero attached hydrogens (tertiary/aromatic N) is 1. The minimum absolute atomic E-state index is 0.277. The summed E-state index contributed by atoms with van der Waals surface area (Å²) in [7, 11) is 1.81. The lowest BCUT2D eigenvalue weighted by molar-refractivity contribution is -0.674. The summed E-state index contributed by atoms with van der Waals surface area (Å²) in [5.74, 6) is -0.277. The van der Waals surface area contributed by atoms with Crippen molar-refractivity contribution in [3.63, 3.8) is 0 Å². The zero-order valence-electron chi connectivity index (χ0n) is 7.28. The average molecular weight is 166 g/mol. The highest BCUT2D eigenvalue weighted by Gasteiger charge is 2.15. The lowest BCUT2D eigenvalue weighted by Gasteiger charge is -1.98. The largest absolute Gasteiger partial charge is 0.458 e. The van der Waals surface area contributed by atoms with E-state index < -0.39 is 0 Å². The van der Waals surface area contributed by atoms with Crippen LogP contribution in [0.2, 0.25) is 0 Å². The van der Waals surface area contributed by atoms with Crippen LogP contribution in [0.4, 0.5) is 0 Å². The van der Waals surface area contributed by atoms with E-state index in [2.05, 4.69) is 0 Å². The van der Waals surface area contributed by atoms with Crippen LogP contribution in [0, 0.1) is 0 Å². The summed E-state index contributed by atoms with van der Waals surface area (Å²) in [5, 5.41) is 0. The molecule has 0 N–H and O–H groups in total. The number of pyridine rings is 1. The summed E-state index contributed by atoms with van der Waals surface area (Å²) in [5.41, 5.74) is 0.569. The van der Waals surface area contributed by atoms with Crippen molar-refractivity contribution in [1.29, 1.82) is 0 Å². The molecule has 1 aromatic rings. The molecule has 0 aliphatic carbocycles. The normalized spacial score (nSPS) is 9.50. The molecule has 0 spiro atoms. The van der Waals surface area contributed by atoms with Crippen molar-refractivity contribution in [2.24, 2.45) is 7.05 Å². The second-order valence-electron chi connectivity index (χ2n) is 2.42. The van der Waals surface area contributed by atoms with Gasteiger partial charge in [-0.3, -0.25) is 0 Å². The fraction of sp³-hybridized carbons (Fsp3) is 0.333. The minimum Gasteiger partial charge on any atom is -0.458 e. The average Bonchev–Trinajstić information content (AvgIpc) is 2.05. The van der Waals surface area contributed by atoms with E-state index in [1.54, 1.807) is 17.6 Å². The molecule has 0 fully saturated rings. The summed E-state index contributed by atoms with van der Waals surface area (Å²) >= 11 is 0. The third kappa shape index (κ3) is 1.81. The molecule has 0 unspecified atom stereocenters. The fourth-order valence-corrected chi connectivity index (χ4v) is 0.940. The first-order valence-corrected chi connectivity index (χ1v) is 3.87. The molecule has 0 saturated heterocycles. The highest BCUT2D eigenvalue weighted by Crippen LogP contribution is 1.93. The monoisotopic (exact) mass is 166 g/mol. The fourth-order valence-electron chi connectivity index (χ4n) is 0.940. The Balaban J connectivity index is 2.87. The molecule has 1 aromatic heterocycles. The van der Waals surface area contributed by atoms with Crippen molar-refractivity contribution in [3.8, 4) is 0 Å². The first kappa shape index (κ1) is 8.71. The van der Waals surface area contributed by atoms with Gasteiger partial charge in [0.15, 0.2) is 6.20 Å². The Hall–Kier alpha value is -1.38. The number of hydrogen-bond acceptors (Lipinski definition) is 2. The molecule has 64 valence electrons. The van der Waals surface area contributed by atoms with Crippen LogP contribution < -0.4 is 4.57 Å². The predicted molar refractivity (Wildman–Crippen MR) is 43.6 cm³/mol. The lowest BCUT2D eigenvalue weighted by Crippen LogP contribution is -2.36. The number of esters is 1. The molecule has 0 aliphatic rings. The van der Waals surface area contributed by atoms with Gasteiger partial charge >= 0.3 is 5.97 Å². The van der Waals surface area contributed by atoms with Crippen LogP contribution in [0.25, 0.3) is 0 Å². The van der Waals surface area contributed by atoms with Crippen LogP contribution in [-0.4, -0.2) is 12.6 Å². The van der Waals surface area contributed by atoms with E-state index in [4.69, 9.17) is 4.74 Å².